The predicted octanol–water partition coefficient (Wildman–Crippen LogP) is 1.11. The normalized spacial score (nSPS) is 28.9. The van der Waals surface area contributed by atoms with Crippen molar-refractivity contribution in [2.45, 2.75) is 39.3 Å². The third kappa shape index (κ3) is 3.23. The van der Waals surface area contributed by atoms with E-state index in [0.29, 0.717) is 12.0 Å². The molecule has 14 heavy (non-hydrogen) atoms. The van der Waals surface area contributed by atoms with Crippen molar-refractivity contribution in [1.29, 1.82) is 0 Å². The summed E-state index contributed by atoms with van der Waals surface area (Å²) in [5, 5.41) is 9.59. The number of hydrogen-bond acceptors (Lipinski definition) is 3. The fourth-order valence-electron chi connectivity index (χ4n) is 2.19. The zero-order valence-corrected chi connectivity index (χ0v) is 9.57. The molecule has 0 bridgehead atoms. The number of nitrogens with zero attached hydrogens (tertiary/aromatic N) is 1. The summed E-state index contributed by atoms with van der Waals surface area (Å²) in [6, 6.07) is 0.533. The molecule has 2 atom stereocenters. The molecule has 0 saturated carbocycles. The predicted molar refractivity (Wildman–Crippen MR) is 57.3 cm³/mol. The second kappa shape index (κ2) is 5.69. The van der Waals surface area contributed by atoms with Crippen LogP contribution in [0.4, 0.5) is 0 Å². The van der Waals surface area contributed by atoms with Crippen LogP contribution in [0.1, 0.15) is 27.2 Å². The molecule has 0 amide bonds. The van der Waals surface area contributed by atoms with Crippen LogP contribution in [0.15, 0.2) is 0 Å². The minimum absolute atomic E-state index is 0.135. The molecule has 3 nitrogen and oxygen atoms in total. The number of rotatable bonds is 5. The Morgan fingerprint density at radius 3 is 2.79 bits per heavy atom. The van der Waals surface area contributed by atoms with Crippen LogP contribution in [-0.4, -0.2) is 48.5 Å². The highest BCUT2D eigenvalue weighted by molar-refractivity contribution is 4.86. The zero-order chi connectivity index (χ0) is 10.6. The monoisotopic (exact) mass is 201 g/mol. The van der Waals surface area contributed by atoms with E-state index in [1.54, 1.807) is 0 Å². The molecule has 84 valence electrons. The molecule has 1 rings (SSSR count). The Morgan fingerprint density at radius 2 is 2.21 bits per heavy atom. The standard InChI is InChI=1S/C11H23NO2/c1-4-14-6-5-12-8-10(13)7-11(12)9(2)3/h9-11,13H,4-8H2,1-3H3/t10-,11-/m0/s1. The van der Waals surface area contributed by atoms with E-state index in [2.05, 4.69) is 18.7 Å². The van der Waals surface area contributed by atoms with Crippen molar-refractivity contribution in [1.82, 2.24) is 4.90 Å². The van der Waals surface area contributed by atoms with Gasteiger partial charge in [-0.2, -0.15) is 0 Å². The number of ether oxygens (including phenoxy) is 1. The second-order valence-electron chi connectivity index (χ2n) is 4.39. The van der Waals surface area contributed by atoms with Crippen molar-refractivity contribution < 1.29 is 9.84 Å². The lowest BCUT2D eigenvalue weighted by Crippen LogP contribution is -2.36. The largest absolute Gasteiger partial charge is 0.392 e. The molecule has 1 aliphatic heterocycles. The number of aliphatic hydroxyl groups excluding tert-OH is 1. The SMILES string of the molecule is CCOCCN1C[C@@H](O)C[C@H]1C(C)C. The average molecular weight is 201 g/mol. The van der Waals surface area contributed by atoms with Crippen molar-refractivity contribution in [3.05, 3.63) is 0 Å². The van der Waals surface area contributed by atoms with Gasteiger partial charge < -0.3 is 9.84 Å². The Balaban J connectivity index is 2.33. The summed E-state index contributed by atoms with van der Waals surface area (Å²) in [4.78, 5) is 2.35. The first-order chi connectivity index (χ1) is 6.65. The van der Waals surface area contributed by atoms with Crippen molar-refractivity contribution in [3.63, 3.8) is 0 Å². The third-order valence-electron chi connectivity index (χ3n) is 2.92. The van der Waals surface area contributed by atoms with Gasteiger partial charge in [0.1, 0.15) is 0 Å². The maximum absolute atomic E-state index is 9.59. The fourth-order valence-corrected chi connectivity index (χ4v) is 2.19. The molecule has 3 heteroatoms. The summed E-state index contributed by atoms with van der Waals surface area (Å²) in [5.41, 5.74) is 0. The van der Waals surface area contributed by atoms with E-state index in [1.165, 1.54) is 0 Å². The Kier molecular flexibility index (Phi) is 4.85. The minimum atomic E-state index is -0.135. The average Bonchev–Trinajstić information content (AvgIpc) is 2.47. The van der Waals surface area contributed by atoms with E-state index in [9.17, 15) is 5.11 Å². The summed E-state index contributed by atoms with van der Waals surface area (Å²) in [7, 11) is 0. The van der Waals surface area contributed by atoms with Crippen LogP contribution < -0.4 is 0 Å². The summed E-state index contributed by atoms with van der Waals surface area (Å²) in [6.07, 6.45) is 0.785. The first-order valence-corrected chi connectivity index (χ1v) is 5.65. The highest BCUT2D eigenvalue weighted by Gasteiger charge is 2.32. The molecule has 0 spiro atoms. The van der Waals surface area contributed by atoms with Crippen LogP contribution in [0.3, 0.4) is 0 Å². The van der Waals surface area contributed by atoms with Gasteiger partial charge in [0.2, 0.25) is 0 Å². The maximum atomic E-state index is 9.59. The molecular formula is C11H23NO2. The lowest BCUT2D eigenvalue weighted by atomic mass is 10.0. The summed E-state index contributed by atoms with van der Waals surface area (Å²) in [6.45, 7) is 9.78. The molecule has 0 aliphatic carbocycles. The minimum Gasteiger partial charge on any atom is -0.392 e. The van der Waals surface area contributed by atoms with E-state index in [4.69, 9.17) is 4.74 Å². The van der Waals surface area contributed by atoms with Crippen LogP contribution in [-0.2, 0) is 4.74 Å². The van der Waals surface area contributed by atoms with Gasteiger partial charge in [-0.25, -0.2) is 0 Å². The van der Waals surface area contributed by atoms with Crippen LogP contribution >= 0.6 is 0 Å². The van der Waals surface area contributed by atoms with E-state index in [-0.39, 0.29) is 6.10 Å². The quantitative estimate of drug-likeness (QED) is 0.676. The second-order valence-corrected chi connectivity index (χ2v) is 4.39. The van der Waals surface area contributed by atoms with Gasteiger partial charge in [-0.3, -0.25) is 4.90 Å². The van der Waals surface area contributed by atoms with Gasteiger partial charge in [0.05, 0.1) is 12.7 Å². The molecular weight excluding hydrogens is 178 g/mol. The van der Waals surface area contributed by atoms with Crippen molar-refractivity contribution in [2.75, 3.05) is 26.3 Å². The topological polar surface area (TPSA) is 32.7 Å². The highest BCUT2D eigenvalue weighted by atomic mass is 16.5. The van der Waals surface area contributed by atoms with E-state index in [1.807, 2.05) is 6.92 Å². The Hall–Kier alpha value is -0.120. The molecule has 1 saturated heterocycles. The lowest BCUT2D eigenvalue weighted by molar-refractivity contribution is 0.0955. The van der Waals surface area contributed by atoms with Crippen LogP contribution in [0.25, 0.3) is 0 Å². The molecule has 0 radical (unpaired) electrons. The Morgan fingerprint density at radius 1 is 1.50 bits per heavy atom. The molecule has 1 heterocycles. The zero-order valence-electron chi connectivity index (χ0n) is 9.57. The van der Waals surface area contributed by atoms with Gasteiger partial charge in [0.15, 0.2) is 0 Å². The summed E-state index contributed by atoms with van der Waals surface area (Å²) >= 11 is 0. The van der Waals surface area contributed by atoms with Crippen molar-refractivity contribution >= 4 is 0 Å². The van der Waals surface area contributed by atoms with E-state index < -0.39 is 0 Å². The van der Waals surface area contributed by atoms with Gasteiger partial charge in [-0.1, -0.05) is 13.8 Å². The van der Waals surface area contributed by atoms with Crippen molar-refractivity contribution in [2.24, 2.45) is 5.92 Å². The molecule has 1 N–H and O–H groups in total. The van der Waals surface area contributed by atoms with Gasteiger partial charge in [0.25, 0.3) is 0 Å². The third-order valence-corrected chi connectivity index (χ3v) is 2.92. The molecule has 0 aromatic rings. The molecule has 0 unspecified atom stereocenters. The van der Waals surface area contributed by atoms with E-state index in [0.717, 1.165) is 32.7 Å². The fraction of sp³-hybridized carbons (Fsp3) is 1.00. The van der Waals surface area contributed by atoms with Crippen LogP contribution in [0.2, 0.25) is 0 Å². The summed E-state index contributed by atoms with van der Waals surface area (Å²) < 4.78 is 5.34. The van der Waals surface area contributed by atoms with Gasteiger partial charge in [-0.05, 0) is 19.3 Å². The van der Waals surface area contributed by atoms with Crippen LogP contribution in [0, 0.1) is 5.92 Å². The Labute approximate surface area is 87.1 Å². The van der Waals surface area contributed by atoms with E-state index >= 15 is 0 Å². The lowest BCUT2D eigenvalue weighted by Gasteiger charge is -2.26. The molecule has 0 aromatic carbocycles. The van der Waals surface area contributed by atoms with Crippen LogP contribution in [0.5, 0.6) is 0 Å². The number of hydrogen-bond donors (Lipinski definition) is 1. The number of β-amino-alcohol motifs (C(OH)–C–C–N with tert-alkyl or cyclic N) is 1. The molecule has 0 aromatic heterocycles. The number of aliphatic hydroxyl groups is 1. The van der Waals surface area contributed by atoms with Gasteiger partial charge >= 0.3 is 0 Å². The van der Waals surface area contributed by atoms with Gasteiger partial charge in [-0.15, -0.1) is 0 Å². The number of likely N-dealkylation sites (tertiary alicyclic amines) is 1. The smallest absolute Gasteiger partial charge is 0.0682 e. The molecule has 1 aliphatic rings. The Bertz CT molecular complexity index is 161. The van der Waals surface area contributed by atoms with Crippen molar-refractivity contribution in [3.8, 4) is 0 Å². The first kappa shape index (κ1) is 12.0. The maximum Gasteiger partial charge on any atom is 0.0682 e. The summed E-state index contributed by atoms with van der Waals surface area (Å²) in [5.74, 6) is 0.619. The molecule has 1 fully saturated rings. The first-order valence-electron chi connectivity index (χ1n) is 5.65. The van der Waals surface area contributed by atoms with Gasteiger partial charge in [0, 0.05) is 25.7 Å². The highest BCUT2D eigenvalue weighted by Crippen LogP contribution is 2.23.